The van der Waals surface area contributed by atoms with E-state index in [1.165, 1.54) is 23.3 Å². The first-order valence-electron chi connectivity index (χ1n) is 10.9. The Labute approximate surface area is 178 Å². The van der Waals surface area contributed by atoms with Crippen molar-refractivity contribution in [3.05, 3.63) is 42.5 Å². The second-order valence-corrected chi connectivity index (χ2v) is 9.04. The number of aromatic nitrogens is 4. The van der Waals surface area contributed by atoms with Gasteiger partial charge in [-0.15, -0.1) is 0 Å². The van der Waals surface area contributed by atoms with Crippen molar-refractivity contribution in [3.8, 4) is 11.1 Å². The van der Waals surface area contributed by atoms with Crippen molar-refractivity contribution >= 4 is 11.5 Å². The fourth-order valence-corrected chi connectivity index (χ4v) is 4.74. The summed E-state index contributed by atoms with van der Waals surface area (Å²) in [7, 11) is 0. The Bertz CT molecular complexity index is 1130. The van der Waals surface area contributed by atoms with E-state index in [0.29, 0.717) is 25.0 Å². The van der Waals surface area contributed by atoms with E-state index in [2.05, 4.69) is 28.5 Å². The molecule has 0 atom stereocenters. The summed E-state index contributed by atoms with van der Waals surface area (Å²) in [5, 5.41) is 9.05. The van der Waals surface area contributed by atoms with Gasteiger partial charge in [-0.2, -0.15) is 10.2 Å². The largest absolute Gasteiger partial charge is 0.325 e. The van der Waals surface area contributed by atoms with Gasteiger partial charge < -0.3 is 9.80 Å². The lowest BCUT2D eigenvalue weighted by Gasteiger charge is -2.43. The molecule has 0 spiro atoms. The number of hydrogen-bond donors (Lipinski definition) is 0. The second kappa shape index (κ2) is 6.77. The normalized spacial score (nSPS) is 21.5. The minimum absolute atomic E-state index is 0.263. The molecule has 162 valence electrons. The number of likely N-dealkylation sites (tertiary alicyclic amines) is 2. The van der Waals surface area contributed by atoms with Crippen LogP contribution in [0.4, 0.5) is 13.6 Å². The molecule has 7 nitrogen and oxygen atoms in total. The van der Waals surface area contributed by atoms with Crippen LogP contribution < -0.4 is 0 Å². The Hall–Kier alpha value is -2.97. The molecule has 0 unspecified atom stereocenters. The van der Waals surface area contributed by atoms with Gasteiger partial charge in [0.15, 0.2) is 0 Å². The molecular weight excluding hydrogens is 402 g/mol. The number of alkyl halides is 2. The Kier molecular flexibility index (Phi) is 4.10. The Balaban J connectivity index is 1.14. The number of halogens is 2. The van der Waals surface area contributed by atoms with E-state index in [4.69, 9.17) is 0 Å². The van der Waals surface area contributed by atoms with Gasteiger partial charge in [0, 0.05) is 42.2 Å². The lowest BCUT2D eigenvalue weighted by atomic mass is 9.90. The SMILES string of the molecule is O=C(N1CCC(c2cnn3cc(-c4cnn(C5CC5)c4)ccc23)CC1)N1CC(F)(F)C1. The maximum absolute atomic E-state index is 13.1. The van der Waals surface area contributed by atoms with Crippen LogP contribution in [-0.4, -0.2) is 67.3 Å². The maximum Gasteiger partial charge on any atom is 0.320 e. The van der Waals surface area contributed by atoms with Crippen molar-refractivity contribution in [2.24, 2.45) is 0 Å². The first kappa shape index (κ1) is 18.8. The summed E-state index contributed by atoms with van der Waals surface area (Å²) in [4.78, 5) is 15.3. The number of hydrogen-bond acceptors (Lipinski definition) is 3. The standard InChI is InChI=1S/C22H24F2N6O/c23-22(24)13-28(14-22)21(31)27-7-5-15(6-8-27)19-10-26-30-11-16(1-4-20(19)30)17-9-25-29(12-17)18-2-3-18/h1,4,9-12,15,18H,2-3,5-8,13-14H2. The quantitative estimate of drug-likeness (QED) is 0.641. The fourth-order valence-electron chi connectivity index (χ4n) is 4.74. The number of carbonyl (C=O) groups excluding carboxylic acids is 1. The second-order valence-electron chi connectivity index (χ2n) is 9.04. The molecule has 2 amide bonds. The molecule has 3 fully saturated rings. The lowest BCUT2D eigenvalue weighted by Crippen LogP contribution is -2.62. The summed E-state index contributed by atoms with van der Waals surface area (Å²) in [5.74, 6) is -2.41. The number of piperidine rings is 1. The smallest absolute Gasteiger partial charge is 0.320 e. The molecule has 1 aliphatic carbocycles. The highest BCUT2D eigenvalue weighted by atomic mass is 19.3. The van der Waals surface area contributed by atoms with Crippen molar-refractivity contribution in [1.82, 2.24) is 29.2 Å². The minimum Gasteiger partial charge on any atom is -0.325 e. The highest BCUT2D eigenvalue weighted by Gasteiger charge is 2.47. The lowest BCUT2D eigenvalue weighted by molar-refractivity contribution is -0.114. The van der Waals surface area contributed by atoms with E-state index in [1.54, 1.807) is 4.90 Å². The number of carbonyl (C=O) groups is 1. The van der Waals surface area contributed by atoms with Crippen LogP contribution in [0.3, 0.4) is 0 Å². The number of pyridine rings is 1. The summed E-state index contributed by atoms with van der Waals surface area (Å²) < 4.78 is 30.1. The molecule has 0 aromatic carbocycles. The highest BCUT2D eigenvalue weighted by molar-refractivity contribution is 5.76. The van der Waals surface area contributed by atoms with Crippen LogP contribution >= 0.6 is 0 Å². The fraction of sp³-hybridized carbons (Fsp3) is 0.500. The van der Waals surface area contributed by atoms with Gasteiger partial charge >= 0.3 is 6.03 Å². The third-order valence-corrected chi connectivity index (χ3v) is 6.72. The molecular formula is C22H24F2N6O. The Morgan fingerprint density at radius 2 is 1.71 bits per heavy atom. The zero-order chi connectivity index (χ0) is 21.2. The minimum atomic E-state index is -2.72. The van der Waals surface area contributed by atoms with E-state index in [1.807, 2.05) is 27.8 Å². The molecule has 0 radical (unpaired) electrons. The zero-order valence-corrected chi connectivity index (χ0v) is 17.1. The summed E-state index contributed by atoms with van der Waals surface area (Å²) >= 11 is 0. The molecule has 5 heterocycles. The summed E-state index contributed by atoms with van der Waals surface area (Å²) in [5.41, 5.74) is 4.43. The van der Waals surface area contributed by atoms with Crippen LogP contribution in [-0.2, 0) is 0 Å². The molecule has 0 bridgehead atoms. The first-order valence-corrected chi connectivity index (χ1v) is 10.9. The third-order valence-electron chi connectivity index (χ3n) is 6.72. The van der Waals surface area contributed by atoms with E-state index < -0.39 is 19.0 Å². The number of rotatable bonds is 3. The molecule has 3 aromatic rings. The first-order chi connectivity index (χ1) is 15.0. The molecule has 3 aromatic heterocycles. The number of urea groups is 1. The van der Waals surface area contributed by atoms with Crippen LogP contribution in [0, 0.1) is 0 Å². The van der Waals surface area contributed by atoms with Gasteiger partial charge in [0.25, 0.3) is 5.92 Å². The van der Waals surface area contributed by atoms with Crippen LogP contribution in [0.25, 0.3) is 16.6 Å². The molecule has 3 aliphatic rings. The number of fused-ring (bicyclic) bond motifs is 1. The van der Waals surface area contributed by atoms with E-state index in [-0.39, 0.29) is 6.03 Å². The topological polar surface area (TPSA) is 58.7 Å². The molecule has 2 saturated heterocycles. The van der Waals surface area contributed by atoms with Crippen LogP contribution in [0.1, 0.15) is 43.2 Å². The van der Waals surface area contributed by atoms with Crippen LogP contribution in [0.5, 0.6) is 0 Å². The maximum atomic E-state index is 13.1. The summed E-state index contributed by atoms with van der Waals surface area (Å²) in [6.07, 6.45) is 12.0. The van der Waals surface area contributed by atoms with Gasteiger partial charge in [-0.3, -0.25) is 4.68 Å². The van der Waals surface area contributed by atoms with Gasteiger partial charge in [-0.05, 0) is 37.7 Å². The van der Waals surface area contributed by atoms with Crippen LogP contribution in [0.2, 0.25) is 0 Å². The van der Waals surface area contributed by atoms with Gasteiger partial charge in [-0.25, -0.2) is 18.1 Å². The van der Waals surface area contributed by atoms with Crippen molar-refractivity contribution in [3.63, 3.8) is 0 Å². The van der Waals surface area contributed by atoms with E-state index in [0.717, 1.165) is 29.5 Å². The van der Waals surface area contributed by atoms with Crippen molar-refractivity contribution in [2.45, 2.75) is 43.6 Å². The van der Waals surface area contributed by atoms with Gasteiger partial charge in [-0.1, -0.05) is 6.07 Å². The molecule has 9 heteroatoms. The van der Waals surface area contributed by atoms with Crippen LogP contribution in [0.15, 0.2) is 36.9 Å². The predicted octanol–water partition coefficient (Wildman–Crippen LogP) is 3.78. The van der Waals surface area contributed by atoms with Crippen molar-refractivity contribution in [1.29, 1.82) is 0 Å². The molecule has 31 heavy (non-hydrogen) atoms. The van der Waals surface area contributed by atoms with Gasteiger partial charge in [0.05, 0.1) is 37.0 Å². The third kappa shape index (κ3) is 3.36. The van der Waals surface area contributed by atoms with Crippen molar-refractivity contribution in [2.75, 3.05) is 26.2 Å². The van der Waals surface area contributed by atoms with Crippen molar-refractivity contribution < 1.29 is 13.6 Å². The van der Waals surface area contributed by atoms with E-state index >= 15 is 0 Å². The van der Waals surface area contributed by atoms with Gasteiger partial charge in [0.1, 0.15) is 0 Å². The average Bonchev–Trinajstić information content (AvgIpc) is 3.33. The molecule has 2 aliphatic heterocycles. The Morgan fingerprint density at radius 1 is 0.935 bits per heavy atom. The number of amides is 2. The van der Waals surface area contributed by atoms with E-state index in [9.17, 15) is 13.6 Å². The summed E-state index contributed by atoms with van der Waals surface area (Å²) in [6, 6.07) is 4.51. The monoisotopic (exact) mass is 426 g/mol. The average molecular weight is 426 g/mol. The van der Waals surface area contributed by atoms with Gasteiger partial charge in [0.2, 0.25) is 0 Å². The Morgan fingerprint density at radius 3 is 2.42 bits per heavy atom. The predicted molar refractivity (Wildman–Crippen MR) is 110 cm³/mol. The zero-order valence-electron chi connectivity index (χ0n) is 17.1. The molecule has 0 N–H and O–H groups in total. The molecule has 1 saturated carbocycles. The molecule has 6 rings (SSSR count). The number of nitrogens with zero attached hydrogens (tertiary/aromatic N) is 6. The summed E-state index contributed by atoms with van der Waals surface area (Å²) in [6.45, 7) is 0.256. The highest BCUT2D eigenvalue weighted by Crippen LogP contribution is 2.36.